The van der Waals surface area contributed by atoms with E-state index in [4.69, 9.17) is 0 Å². The predicted octanol–water partition coefficient (Wildman–Crippen LogP) is 1.52. The molecule has 4 nitrogen and oxygen atoms in total. The first kappa shape index (κ1) is 10.7. The van der Waals surface area contributed by atoms with Gasteiger partial charge in [0.15, 0.2) is 0 Å². The molecule has 0 aliphatic rings. The zero-order chi connectivity index (χ0) is 11.4. The van der Waals surface area contributed by atoms with Gasteiger partial charge in [-0.25, -0.2) is 9.97 Å². The van der Waals surface area contributed by atoms with E-state index in [1.54, 1.807) is 18.6 Å². The minimum absolute atomic E-state index is 0.663. The lowest BCUT2D eigenvalue weighted by atomic mass is 10.0. The summed E-state index contributed by atoms with van der Waals surface area (Å²) in [7, 11) is 0. The van der Waals surface area contributed by atoms with Crippen molar-refractivity contribution in [1.82, 2.24) is 15.0 Å². The highest BCUT2D eigenvalue weighted by molar-refractivity contribution is 5.28. The Kier molecular flexibility index (Phi) is 3.22. The Morgan fingerprint density at radius 3 is 2.75 bits per heavy atom. The number of rotatable bonds is 3. The molecule has 0 saturated carbocycles. The van der Waals surface area contributed by atoms with Crippen LogP contribution >= 0.6 is 0 Å². The molecule has 0 bridgehead atoms. The van der Waals surface area contributed by atoms with E-state index in [0.29, 0.717) is 11.3 Å². The molecule has 16 heavy (non-hydrogen) atoms. The monoisotopic (exact) mass is 215 g/mol. The molecule has 0 saturated heterocycles. The topological polar surface area (TPSA) is 58.9 Å². The van der Waals surface area contributed by atoms with Crippen LogP contribution in [0.2, 0.25) is 0 Å². The van der Waals surface area contributed by atoms with Gasteiger partial charge < -0.3 is 5.11 Å². The van der Waals surface area contributed by atoms with Gasteiger partial charge in [0.2, 0.25) is 0 Å². The fourth-order valence-corrected chi connectivity index (χ4v) is 1.61. The van der Waals surface area contributed by atoms with E-state index in [0.717, 1.165) is 12.0 Å². The Hall–Kier alpha value is -1.81. The molecule has 2 aromatic rings. The van der Waals surface area contributed by atoms with Crippen molar-refractivity contribution in [3.05, 3.63) is 53.9 Å². The molecule has 0 radical (unpaired) electrons. The minimum Gasteiger partial charge on any atom is -0.382 e. The maximum atomic E-state index is 10.2. The lowest BCUT2D eigenvalue weighted by Crippen LogP contribution is -2.06. The summed E-state index contributed by atoms with van der Waals surface area (Å²) in [5.41, 5.74) is 2.38. The molecular formula is C12H13N3O. The number of aryl methyl sites for hydroxylation is 1. The van der Waals surface area contributed by atoms with Crippen molar-refractivity contribution in [2.24, 2.45) is 0 Å². The lowest BCUT2D eigenvalue weighted by molar-refractivity contribution is 0.213. The van der Waals surface area contributed by atoms with Crippen LogP contribution in [0, 0.1) is 0 Å². The van der Waals surface area contributed by atoms with Gasteiger partial charge in [0.25, 0.3) is 0 Å². The maximum Gasteiger partial charge on any atom is 0.124 e. The third-order valence-corrected chi connectivity index (χ3v) is 2.46. The van der Waals surface area contributed by atoms with Gasteiger partial charge in [0.05, 0.1) is 5.69 Å². The zero-order valence-corrected chi connectivity index (χ0v) is 9.04. The van der Waals surface area contributed by atoms with E-state index in [1.165, 1.54) is 6.33 Å². The van der Waals surface area contributed by atoms with E-state index in [1.807, 2.05) is 19.1 Å². The summed E-state index contributed by atoms with van der Waals surface area (Å²) in [4.78, 5) is 12.0. The first-order valence-corrected chi connectivity index (χ1v) is 5.19. The fraction of sp³-hybridized carbons (Fsp3) is 0.250. The van der Waals surface area contributed by atoms with Gasteiger partial charge in [-0.3, -0.25) is 4.98 Å². The number of aliphatic hydroxyl groups excluding tert-OH is 1. The number of hydrogen-bond donors (Lipinski definition) is 1. The molecule has 2 rings (SSSR count). The number of aliphatic hydroxyl groups is 1. The molecule has 1 N–H and O–H groups in total. The Labute approximate surface area is 94.0 Å². The normalized spacial score (nSPS) is 12.4. The second kappa shape index (κ2) is 4.81. The Morgan fingerprint density at radius 1 is 1.31 bits per heavy atom. The maximum absolute atomic E-state index is 10.2. The van der Waals surface area contributed by atoms with E-state index >= 15 is 0 Å². The Bertz CT molecular complexity index is 459. The first-order valence-electron chi connectivity index (χ1n) is 5.19. The second-order valence-corrected chi connectivity index (χ2v) is 3.48. The summed E-state index contributed by atoms with van der Waals surface area (Å²) in [6, 6.07) is 3.84. The summed E-state index contributed by atoms with van der Waals surface area (Å²) in [5, 5.41) is 10.2. The van der Waals surface area contributed by atoms with Crippen molar-refractivity contribution in [3.63, 3.8) is 0 Å². The summed E-state index contributed by atoms with van der Waals surface area (Å²) < 4.78 is 0. The molecule has 0 aromatic carbocycles. The predicted molar refractivity (Wildman–Crippen MR) is 59.7 cm³/mol. The molecular weight excluding hydrogens is 202 g/mol. The van der Waals surface area contributed by atoms with Crippen molar-refractivity contribution >= 4 is 0 Å². The van der Waals surface area contributed by atoms with E-state index in [-0.39, 0.29) is 0 Å². The van der Waals surface area contributed by atoms with E-state index < -0.39 is 6.10 Å². The van der Waals surface area contributed by atoms with Crippen molar-refractivity contribution in [2.75, 3.05) is 0 Å². The third-order valence-electron chi connectivity index (χ3n) is 2.46. The third kappa shape index (κ3) is 2.06. The van der Waals surface area contributed by atoms with Gasteiger partial charge in [-0.05, 0) is 18.1 Å². The average molecular weight is 215 g/mol. The molecule has 82 valence electrons. The van der Waals surface area contributed by atoms with Gasteiger partial charge in [-0.2, -0.15) is 0 Å². The molecule has 2 aromatic heterocycles. The highest BCUT2D eigenvalue weighted by Gasteiger charge is 2.15. The summed E-state index contributed by atoms with van der Waals surface area (Å²) in [5.74, 6) is 0. The van der Waals surface area contributed by atoms with Gasteiger partial charge in [0.1, 0.15) is 12.4 Å². The van der Waals surface area contributed by atoms with Crippen molar-refractivity contribution in [1.29, 1.82) is 0 Å². The Morgan fingerprint density at radius 2 is 2.06 bits per heavy atom. The molecule has 1 atom stereocenters. The molecule has 0 aliphatic carbocycles. The number of pyridine rings is 1. The second-order valence-electron chi connectivity index (χ2n) is 3.48. The molecule has 0 spiro atoms. The smallest absolute Gasteiger partial charge is 0.124 e. The molecule has 4 heteroatoms. The average Bonchev–Trinajstić information content (AvgIpc) is 2.39. The molecule has 2 heterocycles. The standard InChI is InChI=1S/C12H13N3O/c1-2-9-4-3-5-15-11(9)12(16)10-6-13-8-14-7-10/h3-8,12,16H,2H2,1H3. The van der Waals surface area contributed by atoms with Crippen LogP contribution in [0.4, 0.5) is 0 Å². The van der Waals surface area contributed by atoms with Crippen LogP contribution in [0.3, 0.4) is 0 Å². The van der Waals surface area contributed by atoms with Crippen LogP contribution < -0.4 is 0 Å². The van der Waals surface area contributed by atoms with Crippen molar-refractivity contribution in [3.8, 4) is 0 Å². The van der Waals surface area contributed by atoms with Gasteiger partial charge in [-0.1, -0.05) is 13.0 Å². The fourth-order valence-electron chi connectivity index (χ4n) is 1.61. The largest absolute Gasteiger partial charge is 0.382 e. The molecule has 0 amide bonds. The van der Waals surface area contributed by atoms with E-state index in [9.17, 15) is 5.11 Å². The lowest BCUT2D eigenvalue weighted by Gasteiger charge is -2.12. The molecule has 1 unspecified atom stereocenters. The van der Waals surface area contributed by atoms with Gasteiger partial charge in [-0.15, -0.1) is 0 Å². The van der Waals surface area contributed by atoms with Crippen LogP contribution in [0.25, 0.3) is 0 Å². The van der Waals surface area contributed by atoms with Gasteiger partial charge >= 0.3 is 0 Å². The van der Waals surface area contributed by atoms with Gasteiger partial charge in [0, 0.05) is 24.2 Å². The summed E-state index contributed by atoms with van der Waals surface area (Å²) in [6.07, 6.45) is 6.42. The highest BCUT2D eigenvalue weighted by Crippen LogP contribution is 2.21. The van der Waals surface area contributed by atoms with Crippen molar-refractivity contribution < 1.29 is 5.11 Å². The van der Waals surface area contributed by atoms with Crippen LogP contribution in [-0.4, -0.2) is 20.1 Å². The minimum atomic E-state index is -0.752. The Balaban J connectivity index is 2.37. The zero-order valence-electron chi connectivity index (χ0n) is 9.04. The SMILES string of the molecule is CCc1cccnc1C(O)c1cncnc1. The van der Waals surface area contributed by atoms with Crippen LogP contribution in [0.1, 0.15) is 29.8 Å². The summed E-state index contributed by atoms with van der Waals surface area (Å²) >= 11 is 0. The van der Waals surface area contributed by atoms with E-state index in [2.05, 4.69) is 15.0 Å². The number of aromatic nitrogens is 3. The first-order chi connectivity index (χ1) is 7.83. The molecule has 0 aliphatic heterocycles. The quantitative estimate of drug-likeness (QED) is 0.843. The van der Waals surface area contributed by atoms with Crippen LogP contribution in [0.15, 0.2) is 37.1 Å². The summed E-state index contributed by atoms with van der Waals surface area (Å²) in [6.45, 7) is 2.04. The molecule has 0 fully saturated rings. The van der Waals surface area contributed by atoms with Crippen LogP contribution in [-0.2, 0) is 6.42 Å². The number of hydrogen-bond acceptors (Lipinski definition) is 4. The number of nitrogens with zero attached hydrogens (tertiary/aromatic N) is 3. The van der Waals surface area contributed by atoms with Crippen molar-refractivity contribution in [2.45, 2.75) is 19.4 Å². The highest BCUT2D eigenvalue weighted by atomic mass is 16.3. The van der Waals surface area contributed by atoms with Crippen LogP contribution in [0.5, 0.6) is 0 Å².